The summed E-state index contributed by atoms with van der Waals surface area (Å²) in [6, 6.07) is 10.9. The number of fused-ring (bicyclic) bond motifs is 2. The molecule has 5 rings (SSSR count). The van der Waals surface area contributed by atoms with Gasteiger partial charge in [-0.1, -0.05) is 6.07 Å². The Bertz CT molecular complexity index is 1130. The van der Waals surface area contributed by atoms with Crippen LogP contribution in [0.4, 0.5) is 11.4 Å². The number of para-hydroxylation sites is 1. The smallest absolute Gasteiger partial charge is 0.270 e. The molecule has 0 spiro atoms. The average Bonchev–Trinajstić information content (AvgIpc) is 3.26. The molecule has 1 fully saturated rings. The van der Waals surface area contributed by atoms with Gasteiger partial charge in [0.15, 0.2) is 11.5 Å². The highest BCUT2D eigenvalue weighted by atomic mass is 32.1. The zero-order valence-corrected chi connectivity index (χ0v) is 18.4. The van der Waals surface area contributed by atoms with Crippen LogP contribution in [0.1, 0.15) is 18.1 Å². The second kappa shape index (κ2) is 8.93. The zero-order chi connectivity index (χ0) is 22.1. The van der Waals surface area contributed by atoms with Crippen LogP contribution in [0.15, 0.2) is 41.8 Å². The highest BCUT2D eigenvalue weighted by Gasteiger charge is 2.24. The molecule has 1 aromatic heterocycles. The lowest BCUT2D eigenvalue weighted by molar-refractivity contribution is -0.384. The molecule has 168 valence electrons. The monoisotopic (exact) mass is 455 g/mol. The molecule has 0 aliphatic carbocycles. The van der Waals surface area contributed by atoms with Gasteiger partial charge in [-0.05, 0) is 35.6 Å². The maximum absolute atomic E-state index is 11.1. The van der Waals surface area contributed by atoms with E-state index in [9.17, 15) is 15.2 Å². The molecule has 9 heteroatoms. The number of non-ortho nitro benzene ring substituents is 1. The predicted molar refractivity (Wildman–Crippen MR) is 124 cm³/mol. The Labute approximate surface area is 189 Å². The summed E-state index contributed by atoms with van der Waals surface area (Å²) in [7, 11) is 0. The molecule has 3 aromatic rings. The van der Waals surface area contributed by atoms with Crippen LogP contribution in [-0.4, -0.2) is 60.9 Å². The molecular weight excluding hydrogens is 430 g/mol. The largest absolute Gasteiger partial charge is 0.486 e. The number of hydrogen-bond donors (Lipinski definition) is 1. The van der Waals surface area contributed by atoms with Gasteiger partial charge in [-0.3, -0.25) is 15.0 Å². The normalized spacial score (nSPS) is 17.5. The molecule has 0 saturated carbocycles. The fraction of sp³-hybridized carbons (Fsp3) is 0.391. The van der Waals surface area contributed by atoms with Gasteiger partial charge in [0.05, 0.1) is 16.7 Å². The van der Waals surface area contributed by atoms with Crippen LogP contribution in [0.3, 0.4) is 0 Å². The van der Waals surface area contributed by atoms with Crippen molar-refractivity contribution in [3.05, 3.63) is 57.5 Å². The lowest BCUT2D eigenvalue weighted by atomic mass is 10.0. The minimum absolute atomic E-state index is 0.0537. The van der Waals surface area contributed by atoms with Crippen molar-refractivity contribution in [2.45, 2.75) is 12.5 Å². The third-order valence-electron chi connectivity index (χ3n) is 6.13. The number of aliphatic hydroxyl groups is 1. The first-order chi connectivity index (χ1) is 15.6. The SMILES string of the molecule is O=[N+]([O-])c1ccc2scc(C(O)CCN3CCN(c4cccc5c4OCCO5)CC3)c2c1. The Kier molecular flexibility index (Phi) is 5.86. The average molecular weight is 456 g/mol. The van der Waals surface area contributed by atoms with Crippen LogP contribution >= 0.6 is 11.3 Å². The second-order valence-electron chi connectivity index (χ2n) is 8.06. The number of anilines is 1. The standard InChI is InChI=1S/C23H25N3O5S/c27-20(18-15-32-22-5-4-16(26(28)29)14-17(18)22)6-7-24-8-10-25(11-9-24)19-2-1-3-21-23(19)31-13-12-30-21/h1-5,14-15,20,27H,6-13H2. The van der Waals surface area contributed by atoms with E-state index in [0.29, 0.717) is 19.6 Å². The molecule has 2 aromatic carbocycles. The van der Waals surface area contributed by atoms with Crippen molar-refractivity contribution < 1.29 is 19.5 Å². The third kappa shape index (κ3) is 4.11. The van der Waals surface area contributed by atoms with Gasteiger partial charge in [0.2, 0.25) is 0 Å². The summed E-state index contributed by atoms with van der Waals surface area (Å²) in [6.45, 7) is 5.47. The van der Waals surface area contributed by atoms with E-state index in [1.165, 1.54) is 17.4 Å². The molecule has 0 amide bonds. The summed E-state index contributed by atoms with van der Waals surface area (Å²) in [6.07, 6.45) is -0.0536. The highest BCUT2D eigenvalue weighted by molar-refractivity contribution is 7.17. The molecule has 2 aliphatic rings. The number of hydrogen-bond acceptors (Lipinski definition) is 8. The van der Waals surface area contributed by atoms with Crippen molar-refractivity contribution in [2.75, 3.05) is 50.8 Å². The predicted octanol–water partition coefficient (Wildman–Crippen LogP) is 3.83. The van der Waals surface area contributed by atoms with Crippen LogP contribution in [-0.2, 0) is 0 Å². The molecule has 0 bridgehead atoms. The first kappa shape index (κ1) is 21.0. The van der Waals surface area contributed by atoms with Gasteiger partial charge in [-0.2, -0.15) is 0 Å². The van der Waals surface area contributed by atoms with Gasteiger partial charge in [0, 0.05) is 54.9 Å². The van der Waals surface area contributed by atoms with Gasteiger partial charge < -0.3 is 19.5 Å². The molecule has 1 atom stereocenters. The summed E-state index contributed by atoms with van der Waals surface area (Å²) in [5.74, 6) is 1.64. The number of aliphatic hydroxyl groups excluding tert-OH is 1. The fourth-order valence-corrected chi connectivity index (χ4v) is 5.38. The van der Waals surface area contributed by atoms with Gasteiger partial charge in [-0.15, -0.1) is 11.3 Å². The van der Waals surface area contributed by atoms with Crippen molar-refractivity contribution in [2.24, 2.45) is 0 Å². The Morgan fingerprint density at radius 1 is 1.12 bits per heavy atom. The van der Waals surface area contributed by atoms with Crippen LogP contribution in [0, 0.1) is 10.1 Å². The molecule has 3 heterocycles. The molecule has 1 saturated heterocycles. The molecule has 0 radical (unpaired) electrons. The number of thiophene rings is 1. The Balaban J connectivity index is 1.19. The Hall–Kier alpha value is -2.88. The van der Waals surface area contributed by atoms with Gasteiger partial charge in [0.1, 0.15) is 13.2 Å². The molecule has 8 nitrogen and oxygen atoms in total. The van der Waals surface area contributed by atoms with E-state index in [2.05, 4.69) is 15.9 Å². The molecule has 1 N–H and O–H groups in total. The van der Waals surface area contributed by atoms with Crippen molar-refractivity contribution in [3.8, 4) is 11.5 Å². The number of benzene rings is 2. The van der Waals surface area contributed by atoms with Gasteiger partial charge in [-0.25, -0.2) is 0 Å². The fourth-order valence-electron chi connectivity index (χ4n) is 4.39. The Morgan fingerprint density at radius 3 is 2.75 bits per heavy atom. The summed E-state index contributed by atoms with van der Waals surface area (Å²) < 4.78 is 12.5. The highest BCUT2D eigenvalue weighted by Crippen LogP contribution is 2.40. The first-order valence-electron chi connectivity index (χ1n) is 10.8. The van der Waals surface area contributed by atoms with Crippen molar-refractivity contribution in [1.29, 1.82) is 0 Å². The number of nitro benzene ring substituents is 1. The van der Waals surface area contributed by atoms with Crippen molar-refractivity contribution in [3.63, 3.8) is 0 Å². The zero-order valence-electron chi connectivity index (χ0n) is 17.6. The van der Waals surface area contributed by atoms with Crippen molar-refractivity contribution >= 4 is 32.8 Å². The van der Waals surface area contributed by atoms with E-state index in [1.54, 1.807) is 12.1 Å². The summed E-state index contributed by atoms with van der Waals surface area (Å²) in [5.41, 5.74) is 1.91. The first-order valence-corrected chi connectivity index (χ1v) is 11.7. The van der Waals surface area contributed by atoms with E-state index in [4.69, 9.17) is 9.47 Å². The van der Waals surface area contributed by atoms with Crippen molar-refractivity contribution in [1.82, 2.24) is 4.90 Å². The quantitative estimate of drug-likeness (QED) is 0.446. The number of nitrogens with zero attached hydrogens (tertiary/aromatic N) is 3. The Morgan fingerprint density at radius 2 is 1.94 bits per heavy atom. The molecule has 32 heavy (non-hydrogen) atoms. The van der Waals surface area contributed by atoms with Crippen LogP contribution in [0.2, 0.25) is 0 Å². The maximum Gasteiger partial charge on any atom is 0.270 e. The minimum atomic E-state index is -0.643. The minimum Gasteiger partial charge on any atom is -0.486 e. The van der Waals surface area contributed by atoms with Gasteiger partial charge >= 0.3 is 0 Å². The summed E-state index contributed by atoms with van der Waals surface area (Å²) >= 11 is 1.51. The van der Waals surface area contributed by atoms with E-state index in [-0.39, 0.29) is 5.69 Å². The molecular formula is C23H25N3O5S. The van der Waals surface area contributed by atoms with Crippen LogP contribution < -0.4 is 14.4 Å². The number of nitro groups is 1. The lowest BCUT2D eigenvalue weighted by Gasteiger charge is -2.37. The van der Waals surface area contributed by atoms with E-state index >= 15 is 0 Å². The maximum atomic E-state index is 11.1. The lowest BCUT2D eigenvalue weighted by Crippen LogP contribution is -2.47. The number of piperazine rings is 1. The third-order valence-corrected chi connectivity index (χ3v) is 7.12. The summed E-state index contributed by atoms with van der Waals surface area (Å²) in [5, 5.41) is 24.6. The second-order valence-corrected chi connectivity index (χ2v) is 8.97. The van der Waals surface area contributed by atoms with Crippen LogP contribution in [0.25, 0.3) is 10.1 Å². The van der Waals surface area contributed by atoms with E-state index in [0.717, 1.165) is 65.6 Å². The summed E-state index contributed by atoms with van der Waals surface area (Å²) in [4.78, 5) is 15.4. The topological polar surface area (TPSA) is 88.3 Å². The molecule has 2 aliphatic heterocycles. The number of ether oxygens (including phenoxy) is 2. The van der Waals surface area contributed by atoms with E-state index < -0.39 is 11.0 Å². The van der Waals surface area contributed by atoms with Crippen LogP contribution in [0.5, 0.6) is 11.5 Å². The van der Waals surface area contributed by atoms with Gasteiger partial charge in [0.25, 0.3) is 5.69 Å². The number of rotatable bonds is 6. The van der Waals surface area contributed by atoms with E-state index in [1.807, 2.05) is 17.5 Å². The molecule has 1 unspecified atom stereocenters.